The summed E-state index contributed by atoms with van der Waals surface area (Å²) in [6.07, 6.45) is 0.408. The van der Waals surface area contributed by atoms with Crippen molar-refractivity contribution in [3.05, 3.63) is 58.6 Å². The first-order valence-electron chi connectivity index (χ1n) is 8.52. The first-order valence-corrected chi connectivity index (χ1v) is 10.3. The molecule has 1 amide bonds. The molecule has 3 aromatic rings. The van der Waals surface area contributed by atoms with E-state index < -0.39 is 0 Å². The zero-order valence-electron chi connectivity index (χ0n) is 14.9. The molecule has 0 saturated carbocycles. The van der Waals surface area contributed by atoms with Gasteiger partial charge in [-0.2, -0.15) is 5.26 Å². The smallest absolute Gasteiger partial charge is 0.233 e. The molecule has 1 aromatic heterocycles. The van der Waals surface area contributed by atoms with Crippen molar-refractivity contribution in [1.82, 2.24) is 14.5 Å². The van der Waals surface area contributed by atoms with E-state index in [1.54, 1.807) is 4.90 Å². The first kappa shape index (κ1) is 19.5. The van der Waals surface area contributed by atoms with Gasteiger partial charge in [-0.3, -0.25) is 4.79 Å². The van der Waals surface area contributed by atoms with E-state index in [-0.39, 0.29) is 5.91 Å². The lowest BCUT2D eigenvalue weighted by Gasteiger charge is -2.17. The number of fused-ring (bicyclic) bond motifs is 1. The van der Waals surface area contributed by atoms with Crippen LogP contribution >= 0.6 is 27.7 Å². The van der Waals surface area contributed by atoms with Gasteiger partial charge in [0, 0.05) is 24.6 Å². The van der Waals surface area contributed by atoms with Crippen LogP contribution in [0.25, 0.3) is 11.0 Å². The Bertz CT molecular complexity index is 978. The summed E-state index contributed by atoms with van der Waals surface area (Å²) in [5, 5.41) is 9.70. The Hall–Kier alpha value is -2.30. The van der Waals surface area contributed by atoms with Crippen LogP contribution in [0.1, 0.15) is 12.0 Å². The zero-order valence-corrected chi connectivity index (χ0v) is 17.3. The number of amides is 1. The van der Waals surface area contributed by atoms with E-state index in [4.69, 9.17) is 5.26 Å². The maximum atomic E-state index is 12.5. The van der Waals surface area contributed by atoms with E-state index in [1.165, 1.54) is 11.8 Å². The minimum atomic E-state index is 0.0433. The highest BCUT2D eigenvalue weighted by atomic mass is 79.9. The zero-order chi connectivity index (χ0) is 19.2. The molecule has 0 N–H and O–H groups in total. The molecule has 5 nitrogen and oxygen atoms in total. The molecular weight excluding hydrogens is 424 g/mol. The van der Waals surface area contributed by atoms with Gasteiger partial charge in [0.05, 0.1) is 29.3 Å². The van der Waals surface area contributed by atoms with Crippen molar-refractivity contribution in [1.29, 1.82) is 5.26 Å². The average Bonchev–Trinajstić information content (AvgIpc) is 3.03. The first-order chi connectivity index (χ1) is 13.1. The Morgan fingerprint density at radius 1 is 1.26 bits per heavy atom. The van der Waals surface area contributed by atoms with Gasteiger partial charge in [0.15, 0.2) is 5.16 Å². The largest absolute Gasteiger partial charge is 0.341 e. The van der Waals surface area contributed by atoms with Crippen LogP contribution in [0.5, 0.6) is 0 Å². The van der Waals surface area contributed by atoms with E-state index in [9.17, 15) is 4.79 Å². The highest BCUT2D eigenvalue weighted by Crippen LogP contribution is 2.25. The molecule has 0 radical (unpaired) electrons. The predicted octanol–water partition coefficient (Wildman–Crippen LogP) is 4.46. The molecule has 138 valence electrons. The fourth-order valence-electron chi connectivity index (χ4n) is 2.73. The third-order valence-electron chi connectivity index (χ3n) is 4.15. The number of benzene rings is 2. The number of imidazole rings is 1. The van der Waals surface area contributed by atoms with Gasteiger partial charge in [-0.15, -0.1) is 0 Å². The molecule has 0 aliphatic rings. The minimum absolute atomic E-state index is 0.0433. The quantitative estimate of drug-likeness (QED) is 0.506. The number of hydrogen-bond donors (Lipinski definition) is 0. The molecule has 0 bridgehead atoms. The number of thioether (sulfide) groups is 1. The molecule has 1 heterocycles. The maximum absolute atomic E-state index is 12.5. The average molecular weight is 443 g/mol. The number of nitrogens with zero attached hydrogens (tertiary/aromatic N) is 4. The normalized spacial score (nSPS) is 10.7. The standard InChI is InChI=1S/C20H19BrN4OS/c1-24(13-15-7-9-16(21)10-8-15)19(26)14-27-20-23-17-5-2-3-6-18(17)25(20)12-4-11-22/h2-3,5-10H,4,12-14H2,1H3. The van der Waals surface area contributed by atoms with Crippen molar-refractivity contribution in [2.45, 2.75) is 24.7 Å². The summed E-state index contributed by atoms with van der Waals surface area (Å²) >= 11 is 4.83. The number of rotatable bonds is 7. The van der Waals surface area contributed by atoms with Crippen LogP contribution in [0.3, 0.4) is 0 Å². The predicted molar refractivity (Wildman–Crippen MR) is 111 cm³/mol. The second-order valence-corrected chi connectivity index (χ2v) is 7.97. The number of nitriles is 1. The van der Waals surface area contributed by atoms with Crippen LogP contribution in [0, 0.1) is 11.3 Å². The van der Waals surface area contributed by atoms with Crippen LogP contribution in [0.15, 0.2) is 58.2 Å². The lowest BCUT2D eigenvalue weighted by atomic mass is 10.2. The van der Waals surface area contributed by atoms with E-state index in [0.717, 1.165) is 26.2 Å². The summed E-state index contributed by atoms with van der Waals surface area (Å²) in [7, 11) is 1.81. The molecule has 27 heavy (non-hydrogen) atoms. The molecule has 0 unspecified atom stereocenters. The monoisotopic (exact) mass is 442 g/mol. The highest BCUT2D eigenvalue weighted by Gasteiger charge is 2.15. The Labute approximate surface area is 171 Å². The molecule has 0 spiro atoms. The van der Waals surface area contributed by atoms with Crippen LogP contribution in [0.4, 0.5) is 0 Å². The van der Waals surface area contributed by atoms with Crippen molar-refractivity contribution in [2.75, 3.05) is 12.8 Å². The molecule has 0 aliphatic carbocycles. The van der Waals surface area contributed by atoms with Gasteiger partial charge in [-0.1, -0.05) is 52.0 Å². The van der Waals surface area contributed by atoms with Gasteiger partial charge in [0.2, 0.25) is 5.91 Å². The molecule has 0 atom stereocenters. The lowest BCUT2D eigenvalue weighted by Crippen LogP contribution is -2.27. The maximum Gasteiger partial charge on any atom is 0.233 e. The SMILES string of the molecule is CN(Cc1ccc(Br)cc1)C(=O)CSc1nc2ccccc2n1CCC#N. The second-order valence-electron chi connectivity index (χ2n) is 6.11. The van der Waals surface area contributed by atoms with E-state index in [2.05, 4.69) is 27.0 Å². The summed E-state index contributed by atoms with van der Waals surface area (Å²) in [5.41, 5.74) is 2.96. The third kappa shape index (κ3) is 4.90. The Morgan fingerprint density at radius 2 is 2.00 bits per heavy atom. The van der Waals surface area contributed by atoms with Gasteiger partial charge in [0.1, 0.15) is 0 Å². The van der Waals surface area contributed by atoms with Crippen molar-refractivity contribution in [2.24, 2.45) is 0 Å². The van der Waals surface area contributed by atoms with E-state index in [1.807, 2.05) is 60.1 Å². The summed E-state index contributed by atoms with van der Waals surface area (Å²) in [5.74, 6) is 0.352. The van der Waals surface area contributed by atoms with Crippen molar-refractivity contribution in [3.8, 4) is 6.07 Å². The topological polar surface area (TPSA) is 61.9 Å². The summed E-state index contributed by atoms with van der Waals surface area (Å²) < 4.78 is 3.04. The van der Waals surface area contributed by atoms with Gasteiger partial charge in [0.25, 0.3) is 0 Å². The lowest BCUT2D eigenvalue weighted by molar-refractivity contribution is -0.127. The highest BCUT2D eigenvalue weighted by molar-refractivity contribution is 9.10. The Kier molecular flexibility index (Phi) is 6.54. The molecule has 0 aliphatic heterocycles. The second kappa shape index (κ2) is 9.07. The fraction of sp³-hybridized carbons (Fsp3) is 0.250. The fourth-order valence-corrected chi connectivity index (χ4v) is 3.98. The van der Waals surface area contributed by atoms with Gasteiger partial charge >= 0.3 is 0 Å². The summed E-state index contributed by atoms with van der Waals surface area (Å²) in [6, 6.07) is 18.0. The van der Waals surface area contributed by atoms with Gasteiger partial charge in [-0.25, -0.2) is 4.98 Å². The molecule has 7 heteroatoms. The molecule has 2 aromatic carbocycles. The number of carbonyl (C=O) groups is 1. The van der Waals surface area contributed by atoms with Crippen LogP contribution < -0.4 is 0 Å². The number of aryl methyl sites for hydroxylation is 1. The molecular formula is C20H19BrN4OS. The summed E-state index contributed by atoms with van der Waals surface area (Å²) in [4.78, 5) is 18.9. The number of hydrogen-bond acceptors (Lipinski definition) is 4. The van der Waals surface area contributed by atoms with E-state index >= 15 is 0 Å². The third-order valence-corrected chi connectivity index (χ3v) is 5.64. The van der Waals surface area contributed by atoms with Crippen molar-refractivity contribution < 1.29 is 4.79 Å². The Morgan fingerprint density at radius 3 is 2.74 bits per heavy atom. The van der Waals surface area contributed by atoms with Crippen molar-refractivity contribution in [3.63, 3.8) is 0 Å². The summed E-state index contributed by atoms with van der Waals surface area (Å²) in [6.45, 7) is 1.14. The van der Waals surface area contributed by atoms with E-state index in [0.29, 0.717) is 25.3 Å². The van der Waals surface area contributed by atoms with Gasteiger partial charge in [-0.05, 0) is 29.8 Å². The van der Waals surface area contributed by atoms with Crippen LogP contribution in [-0.4, -0.2) is 33.2 Å². The Balaban J connectivity index is 1.67. The molecule has 0 saturated heterocycles. The number of carbonyl (C=O) groups excluding carboxylic acids is 1. The molecule has 0 fully saturated rings. The van der Waals surface area contributed by atoms with Crippen molar-refractivity contribution >= 4 is 44.6 Å². The number of halogens is 1. The minimum Gasteiger partial charge on any atom is -0.341 e. The van der Waals surface area contributed by atoms with Crippen LogP contribution in [0.2, 0.25) is 0 Å². The number of para-hydroxylation sites is 2. The molecule has 3 rings (SSSR count). The number of aromatic nitrogens is 2. The van der Waals surface area contributed by atoms with Crippen LogP contribution in [-0.2, 0) is 17.9 Å². The van der Waals surface area contributed by atoms with Gasteiger partial charge < -0.3 is 9.47 Å².